The van der Waals surface area contributed by atoms with Crippen LogP contribution in [0.2, 0.25) is 0 Å². The zero-order chi connectivity index (χ0) is 7.57. The molecule has 2 rings (SSSR count). The van der Waals surface area contributed by atoms with Crippen molar-refractivity contribution in [2.75, 3.05) is 13.3 Å². The van der Waals surface area contributed by atoms with Crippen molar-refractivity contribution in [2.24, 2.45) is 0 Å². The van der Waals surface area contributed by atoms with Crippen molar-refractivity contribution in [1.82, 2.24) is 5.32 Å². The van der Waals surface area contributed by atoms with Crippen LogP contribution >= 0.6 is 0 Å². The Bertz CT molecular complexity index is 159. The third-order valence-electron chi connectivity index (χ3n) is 2.66. The first kappa shape index (κ1) is 7.32. The van der Waals surface area contributed by atoms with E-state index in [9.17, 15) is 0 Å². The van der Waals surface area contributed by atoms with Crippen molar-refractivity contribution >= 4 is 0 Å². The first-order valence-electron chi connectivity index (χ1n) is 4.41. The standard InChI is InChI=1S/C9H15NO/c1-2-4-9(5-3-1)6-7-10-8-11-9/h1-2,10H,3-8H2. The van der Waals surface area contributed by atoms with E-state index in [4.69, 9.17) is 4.74 Å². The molecule has 1 aliphatic heterocycles. The molecule has 1 spiro atoms. The Balaban J connectivity index is 2.01. The maximum Gasteiger partial charge on any atom is 0.0973 e. The lowest BCUT2D eigenvalue weighted by Gasteiger charge is -2.38. The average molecular weight is 153 g/mol. The minimum atomic E-state index is 0.208. The van der Waals surface area contributed by atoms with Crippen molar-refractivity contribution in [1.29, 1.82) is 0 Å². The summed E-state index contributed by atoms with van der Waals surface area (Å²) in [6, 6.07) is 0. The molecule has 2 heteroatoms. The van der Waals surface area contributed by atoms with Gasteiger partial charge >= 0.3 is 0 Å². The molecule has 2 aliphatic rings. The zero-order valence-corrected chi connectivity index (χ0v) is 6.81. The maximum atomic E-state index is 5.74. The minimum absolute atomic E-state index is 0.208. The molecule has 2 nitrogen and oxygen atoms in total. The van der Waals surface area contributed by atoms with Crippen molar-refractivity contribution in [3.8, 4) is 0 Å². The molecule has 0 saturated carbocycles. The van der Waals surface area contributed by atoms with Gasteiger partial charge in [0.05, 0.1) is 12.3 Å². The summed E-state index contributed by atoms with van der Waals surface area (Å²) in [7, 11) is 0. The third kappa shape index (κ3) is 1.47. The fourth-order valence-electron chi connectivity index (χ4n) is 1.89. The zero-order valence-electron chi connectivity index (χ0n) is 6.81. The predicted octanol–water partition coefficient (Wildman–Crippen LogP) is 1.43. The van der Waals surface area contributed by atoms with Crippen LogP contribution in [0.15, 0.2) is 12.2 Å². The second-order valence-corrected chi connectivity index (χ2v) is 3.44. The Morgan fingerprint density at radius 2 is 2.27 bits per heavy atom. The van der Waals surface area contributed by atoms with Gasteiger partial charge in [0.25, 0.3) is 0 Å². The lowest BCUT2D eigenvalue weighted by atomic mass is 9.85. The van der Waals surface area contributed by atoms with Gasteiger partial charge in [0.15, 0.2) is 0 Å². The van der Waals surface area contributed by atoms with Crippen LogP contribution in [-0.2, 0) is 4.74 Å². The Morgan fingerprint density at radius 1 is 1.27 bits per heavy atom. The molecule has 1 fully saturated rings. The first-order valence-corrected chi connectivity index (χ1v) is 4.41. The number of hydrogen-bond acceptors (Lipinski definition) is 2. The highest BCUT2D eigenvalue weighted by Gasteiger charge is 2.32. The van der Waals surface area contributed by atoms with Gasteiger partial charge in [0, 0.05) is 0 Å². The lowest BCUT2D eigenvalue weighted by molar-refractivity contribution is -0.0886. The van der Waals surface area contributed by atoms with Gasteiger partial charge in [-0.05, 0) is 32.2 Å². The normalized spacial score (nSPS) is 37.8. The van der Waals surface area contributed by atoms with Crippen molar-refractivity contribution in [2.45, 2.75) is 31.3 Å². The van der Waals surface area contributed by atoms with Gasteiger partial charge < -0.3 is 4.74 Å². The van der Waals surface area contributed by atoms with E-state index in [0.29, 0.717) is 0 Å². The van der Waals surface area contributed by atoms with Crippen LogP contribution in [0, 0.1) is 0 Å². The summed E-state index contributed by atoms with van der Waals surface area (Å²) in [5.74, 6) is 0. The molecule has 1 atom stereocenters. The second kappa shape index (κ2) is 2.95. The number of hydrogen-bond donors (Lipinski definition) is 1. The largest absolute Gasteiger partial charge is 0.359 e. The molecule has 0 aromatic rings. The van der Waals surface area contributed by atoms with Gasteiger partial charge in [-0.15, -0.1) is 0 Å². The Labute approximate surface area is 67.6 Å². The van der Waals surface area contributed by atoms with Crippen LogP contribution in [0.4, 0.5) is 0 Å². The Hall–Kier alpha value is -0.340. The van der Waals surface area contributed by atoms with Gasteiger partial charge in [-0.2, -0.15) is 0 Å². The average Bonchev–Trinajstić information content (AvgIpc) is 2.07. The van der Waals surface area contributed by atoms with Crippen molar-refractivity contribution in [3.63, 3.8) is 0 Å². The van der Waals surface area contributed by atoms with Crippen LogP contribution in [0.1, 0.15) is 25.7 Å². The van der Waals surface area contributed by atoms with Gasteiger partial charge in [-0.3, -0.25) is 5.32 Å². The second-order valence-electron chi connectivity index (χ2n) is 3.44. The summed E-state index contributed by atoms with van der Waals surface area (Å²) in [5.41, 5.74) is 0.208. The summed E-state index contributed by atoms with van der Waals surface area (Å²) in [4.78, 5) is 0. The smallest absolute Gasteiger partial charge is 0.0973 e. The molecule has 1 heterocycles. The van der Waals surface area contributed by atoms with Gasteiger partial charge in [-0.1, -0.05) is 12.2 Å². The molecule has 0 radical (unpaired) electrons. The topological polar surface area (TPSA) is 21.3 Å². The molecule has 62 valence electrons. The summed E-state index contributed by atoms with van der Waals surface area (Å²) in [5, 5.41) is 3.21. The lowest BCUT2D eigenvalue weighted by Crippen LogP contribution is -2.44. The summed E-state index contributed by atoms with van der Waals surface area (Å²) >= 11 is 0. The van der Waals surface area contributed by atoms with Crippen LogP contribution in [0.3, 0.4) is 0 Å². The SMILES string of the molecule is C1=CCC2(CC1)CCNCO2. The molecule has 1 aliphatic carbocycles. The van der Waals surface area contributed by atoms with Gasteiger partial charge in [0.2, 0.25) is 0 Å². The Kier molecular flexibility index (Phi) is 1.96. The highest BCUT2D eigenvalue weighted by atomic mass is 16.5. The molecule has 1 saturated heterocycles. The van der Waals surface area contributed by atoms with E-state index >= 15 is 0 Å². The summed E-state index contributed by atoms with van der Waals surface area (Å²) < 4.78 is 5.74. The predicted molar refractivity (Wildman–Crippen MR) is 44.3 cm³/mol. The highest BCUT2D eigenvalue weighted by molar-refractivity contribution is 5.00. The molecule has 0 amide bonds. The van der Waals surface area contributed by atoms with Crippen LogP contribution in [0.25, 0.3) is 0 Å². The number of nitrogens with one attached hydrogen (secondary N) is 1. The summed E-state index contributed by atoms with van der Waals surface area (Å²) in [6.45, 7) is 1.86. The van der Waals surface area contributed by atoms with E-state index in [0.717, 1.165) is 19.7 Å². The van der Waals surface area contributed by atoms with E-state index in [1.807, 2.05) is 0 Å². The van der Waals surface area contributed by atoms with Crippen LogP contribution in [0.5, 0.6) is 0 Å². The molecule has 0 bridgehead atoms. The van der Waals surface area contributed by atoms with E-state index in [2.05, 4.69) is 17.5 Å². The molecule has 11 heavy (non-hydrogen) atoms. The number of allylic oxidation sites excluding steroid dienone is 1. The van der Waals surface area contributed by atoms with Crippen molar-refractivity contribution < 1.29 is 4.74 Å². The van der Waals surface area contributed by atoms with Crippen LogP contribution in [-0.4, -0.2) is 18.9 Å². The molecular weight excluding hydrogens is 138 g/mol. The van der Waals surface area contributed by atoms with E-state index < -0.39 is 0 Å². The van der Waals surface area contributed by atoms with E-state index in [1.54, 1.807) is 0 Å². The minimum Gasteiger partial charge on any atom is -0.359 e. The van der Waals surface area contributed by atoms with E-state index in [1.165, 1.54) is 19.3 Å². The monoisotopic (exact) mass is 153 g/mol. The van der Waals surface area contributed by atoms with Crippen molar-refractivity contribution in [3.05, 3.63) is 12.2 Å². The molecular formula is C9H15NO. The van der Waals surface area contributed by atoms with E-state index in [-0.39, 0.29) is 5.60 Å². The molecule has 1 N–H and O–H groups in total. The first-order chi connectivity index (χ1) is 5.41. The number of ether oxygens (including phenoxy) is 1. The fraction of sp³-hybridized carbons (Fsp3) is 0.778. The quantitative estimate of drug-likeness (QED) is 0.532. The van der Waals surface area contributed by atoms with Gasteiger partial charge in [0.1, 0.15) is 0 Å². The third-order valence-corrected chi connectivity index (χ3v) is 2.66. The molecule has 1 unspecified atom stereocenters. The van der Waals surface area contributed by atoms with Gasteiger partial charge in [-0.25, -0.2) is 0 Å². The molecule has 0 aromatic carbocycles. The number of rotatable bonds is 0. The maximum absolute atomic E-state index is 5.74. The Morgan fingerprint density at radius 3 is 2.91 bits per heavy atom. The highest BCUT2D eigenvalue weighted by Crippen LogP contribution is 2.31. The fourth-order valence-corrected chi connectivity index (χ4v) is 1.89. The van der Waals surface area contributed by atoms with Crippen LogP contribution < -0.4 is 5.32 Å². The molecule has 0 aromatic heterocycles. The summed E-state index contributed by atoms with van der Waals surface area (Å²) in [6.07, 6.45) is 9.22.